The summed E-state index contributed by atoms with van der Waals surface area (Å²) in [7, 11) is 4.60. The molecule has 1 amide bonds. The fraction of sp³-hybridized carbons (Fsp3) is 0.286. The molecule has 0 spiro atoms. The topological polar surface area (TPSA) is 109 Å². The lowest BCUT2D eigenvalue weighted by atomic mass is 10.0. The molecule has 0 bridgehead atoms. The summed E-state index contributed by atoms with van der Waals surface area (Å²) in [6.07, 6.45) is 1.50. The van der Waals surface area contributed by atoms with Gasteiger partial charge < -0.3 is 19.1 Å². The van der Waals surface area contributed by atoms with Gasteiger partial charge in [-0.25, -0.2) is 14.5 Å². The summed E-state index contributed by atoms with van der Waals surface area (Å²) < 4.78 is 17.4. The number of carbonyl (C=O) groups is 2. The van der Waals surface area contributed by atoms with Gasteiger partial charge in [0, 0.05) is 18.8 Å². The molecular formula is C21H21N5O5. The van der Waals surface area contributed by atoms with Crippen molar-refractivity contribution in [1.82, 2.24) is 24.6 Å². The van der Waals surface area contributed by atoms with Crippen molar-refractivity contribution in [3.05, 3.63) is 47.4 Å². The number of rotatable bonds is 5. The van der Waals surface area contributed by atoms with Crippen molar-refractivity contribution in [2.75, 3.05) is 27.9 Å². The number of carbonyl (C=O) groups excluding carboxylic acids is 2. The highest BCUT2D eigenvalue weighted by molar-refractivity contribution is 6.00. The van der Waals surface area contributed by atoms with Gasteiger partial charge in [0.1, 0.15) is 0 Å². The van der Waals surface area contributed by atoms with Gasteiger partial charge in [0.15, 0.2) is 5.69 Å². The van der Waals surface area contributed by atoms with Gasteiger partial charge >= 0.3 is 12.0 Å². The molecule has 3 aromatic rings. The molecule has 0 aliphatic carbocycles. The molecular weight excluding hydrogens is 402 g/mol. The number of hydrogen-bond acceptors (Lipinski definition) is 8. The van der Waals surface area contributed by atoms with Crippen LogP contribution in [0.1, 0.15) is 33.5 Å². The van der Waals surface area contributed by atoms with Crippen LogP contribution in [-0.2, 0) is 11.3 Å². The van der Waals surface area contributed by atoms with Crippen LogP contribution in [0.25, 0.3) is 16.8 Å². The van der Waals surface area contributed by atoms with E-state index in [1.54, 1.807) is 41.8 Å². The summed E-state index contributed by atoms with van der Waals surface area (Å²) in [5.41, 5.74) is 2.61. The van der Waals surface area contributed by atoms with Crippen molar-refractivity contribution in [2.24, 2.45) is 0 Å². The van der Waals surface area contributed by atoms with Crippen LogP contribution in [0.15, 0.2) is 30.5 Å². The number of nitrogens with zero attached hydrogens (tertiary/aromatic N) is 5. The van der Waals surface area contributed by atoms with Crippen LogP contribution < -0.4 is 9.47 Å². The average molecular weight is 423 g/mol. The minimum Gasteiger partial charge on any atom is -0.480 e. The van der Waals surface area contributed by atoms with Crippen LogP contribution in [0.5, 0.6) is 11.9 Å². The molecule has 1 aromatic carbocycles. The maximum atomic E-state index is 12.9. The molecule has 2 aromatic heterocycles. The first-order valence-corrected chi connectivity index (χ1v) is 9.59. The number of ether oxygens (including phenoxy) is 3. The van der Waals surface area contributed by atoms with E-state index < -0.39 is 5.97 Å². The summed E-state index contributed by atoms with van der Waals surface area (Å²) in [6.45, 7) is 2.10. The number of benzene rings is 1. The fourth-order valence-electron chi connectivity index (χ4n) is 3.54. The highest BCUT2D eigenvalue weighted by Crippen LogP contribution is 2.38. The predicted molar refractivity (Wildman–Crippen MR) is 109 cm³/mol. The number of aromatic nitrogens is 4. The Hall–Kier alpha value is -3.95. The van der Waals surface area contributed by atoms with Crippen LogP contribution in [0, 0.1) is 0 Å². The highest BCUT2D eigenvalue weighted by Gasteiger charge is 2.33. The lowest BCUT2D eigenvalue weighted by Crippen LogP contribution is -2.25. The van der Waals surface area contributed by atoms with Gasteiger partial charge in [-0.1, -0.05) is 12.1 Å². The number of fused-ring (bicyclic) bond motifs is 3. The lowest BCUT2D eigenvalue weighted by molar-refractivity contribution is 0.0519. The van der Waals surface area contributed by atoms with Gasteiger partial charge in [-0.2, -0.15) is 10.1 Å². The second kappa shape index (κ2) is 8.05. The molecule has 0 radical (unpaired) electrons. The minimum absolute atomic E-state index is 0.0847. The largest absolute Gasteiger partial charge is 0.480 e. The van der Waals surface area contributed by atoms with Crippen molar-refractivity contribution in [3.63, 3.8) is 0 Å². The first-order chi connectivity index (χ1) is 15.0. The zero-order valence-corrected chi connectivity index (χ0v) is 17.6. The lowest BCUT2D eigenvalue weighted by Gasteiger charge is -2.16. The molecule has 10 heteroatoms. The minimum atomic E-state index is -0.595. The summed E-state index contributed by atoms with van der Waals surface area (Å²) in [6, 6.07) is 7.22. The maximum absolute atomic E-state index is 12.9. The molecule has 3 heterocycles. The SMILES string of the molecule is CCOC(=O)c1nn2c(c1-c1cnc(OC)nc1OC)CN(C)C(=O)c1ccccc1-2. The second-order valence-electron chi connectivity index (χ2n) is 6.76. The number of para-hydroxylation sites is 1. The number of esters is 1. The standard InChI is InChI=1S/C21H21N5O5/c1-5-31-20(28)17-16(13-10-22-21(30-4)23-18(13)29-3)15-11-25(2)19(27)12-8-6-7-9-14(12)26(15)24-17/h6-10H,5,11H2,1-4H3. The third kappa shape index (κ3) is 3.35. The van der Waals surface area contributed by atoms with Gasteiger partial charge in [-0.15, -0.1) is 0 Å². The van der Waals surface area contributed by atoms with Crippen molar-refractivity contribution in [3.8, 4) is 28.7 Å². The molecule has 0 saturated heterocycles. The Morgan fingerprint density at radius 3 is 2.65 bits per heavy atom. The Balaban J connectivity index is 2.05. The van der Waals surface area contributed by atoms with E-state index >= 15 is 0 Å². The Kier molecular flexibility index (Phi) is 5.28. The third-order valence-corrected chi connectivity index (χ3v) is 4.92. The average Bonchev–Trinajstić information content (AvgIpc) is 3.12. The van der Waals surface area contributed by atoms with E-state index in [-0.39, 0.29) is 36.6 Å². The normalized spacial score (nSPS) is 12.6. The number of amides is 1. The van der Waals surface area contributed by atoms with Gasteiger partial charge in [-0.05, 0) is 19.1 Å². The molecule has 31 heavy (non-hydrogen) atoms. The third-order valence-electron chi connectivity index (χ3n) is 4.92. The van der Waals surface area contributed by atoms with E-state index in [0.29, 0.717) is 28.1 Å². The first kappa shape index (κ1) is 20.3. The van der Waals surface area contributed by atoms with Crippen molar-refractivity contribution in [2.45, 2.75) is 13.5 Å². The van der Waals surface area contributed by atoms with Crippen LogP contribution in [0.2, 0.25) is 0 Å². The summed E-state index contributed by atoms with van der Waals surface area (Å²) in [5, 5.41) is 4.55. The van der Waals surface area contributed by atoms with E-state index in [2.05, 4.69) is 15.1 Å². The van der Waals surface area contributed by atoms with Crippen molar-refractivity contribution >= 4 is 11.9 Å². The molecule has 0 unspecified atom stereocenters. The molecule has 1 aliphatic rings. The molecule has 1 aliphatic heterocycles. The quantitative estimate of drug-likeness (QED) is 0.574. The van der Waals surface area contributed by atoms with Crippen LogP contribution >= 0.6 is 0 Å². The van der Waals surface area contributed by atoms with Gasteiger partial charge in [0.25, 0.3) is 5.91 Å². The Bertz CT molecular complexity index is 1170. The van der Waals surface area contributed by atoms with E-state index in [4.69, 9.17) is 14.2 Å². The smallest absolute Gasteiger partial charge is 0.359 e. The van der Waals surface area contributed by atoms with Crippen LogP contribution in [0.4, 0.5) is 0 Å². The molecule has 160 valence electrons. The van der Waals surface area contributed by atoms with Crippen LogP contribution in [0.3, 0.4) is 0 Å². The summed E-state index contributed by atoms with van der Waals surface area (Å²) >= 11 is 0. The van der Waals surface area contributed by atoms with E-state index in [1.165, 1.54) is 20.4 Å². The molecule has 0 N–H and O–H groups in total. The first-order valence-electron chi connectivity index (χ1n) is 9.59. The van der Waals surface area contributed by atoms with Gasteiger partial charge in [0.05, 0.1) is 49.9 Å². The molecule has 0 atom stereocenters. The molecule has 4 rings (SSSR count). The number of hydrogen-bond donors (Lipinski definition) is 0. The van der Waals surface area contributed by atoms with Gasteiger partial charge in [-0.3, -0.25) is 4.79 Å². The van der Waals surface area contributed by atoms with Gasteiger partial charge in [0.2, 0.25) is 5.88 Å². The molecule has 0 saturated carbocycles. The zero-order chi connectivity index (χ0) is 22.1. The van der Waals surface area contributed by atoms with Crippen molar-refractivity contribution < 1.29 is 23.8 Å². The van der Waals surface area contributed by atoms with E-state index in [9.17, 15) is 9.59 Å². The predicted octanol–water partition coefficient (Wildman–Crippen LogP) is 2.11. The van der Waals surface area contributed by atoms with E-state index in [0.717, 1.165) is 0 Å². The highest BCUT2D eigenvalue weighted by atomic mass is 16.5. The maximum Gasteiger partial charge on any atom is 0.359 e. The second-order valence-corrected chi connectivity index (χ2v) is 6.76. The summed E-state index contributed by atoms with van der Waals surface area (Å²) in [4.78, 5) is 35.7. The Labute approximate surface area is 178 Å². The zero-order valence-electron chi connectivity index (χ0n) is 17.6. The number of methoxy groups -OCH3 is 2. The van der Waals surface area contributed by atoms with Crippen LogP contribution in [-0.4, -0.2) is 64.4 Å². The monoisotopic (exact) mass is 423 g/mol. The molecule has 0 fully saturated rings. The summed E-state index contributed by atoms with van der Waals surface area (Å²) in [5.74, 6) is -0.537. The van der Waals surface area contributed by atoms with Crippen molar-refractivity contribution in [1.29, 1.82) is 0 Å². The van der Waals surface area contributed by atoms with E-state index in [1.807, 2.05) is 6.07 Å². The molecule has 10 nitrogen and oxygen atoms in total. The Morgan fingerprint density at radius 1 is 1.16 bits per heavy atom. The Morgan fingerprint density at radius 2 is 1.94 bits per heavy atom. The fourth-order valence-corrected chi connectivity index (χ4v) is 3.54.